The van der Waals surface area contributed by atoms with E-state index in [0.29, 0.717) is 36.8 Å². The first-order chi connectivity index (χ1) is 16.7. The molecule has 2 heterocycles. The Morgan fingerprint density at radius 3 is 2.54 bits per heavy atom. The van der Waals surface area contributed by atoms with Crippen LogP contribution in [0.1, 0.15) is 28.4 Å². The van der Waals surface area contributed by atoms with E-state index in [9.17, 15) is 22.4 Å². The Bertz CT molecular complexity index is 1320. The number of amidine groups is 1. The predicted octanol–water partition coefficient (Wildman–Crippen LogP) is 5.88. The highest BCUT2D eigenvalue weighted by Gasteiger charge is 2.34. The summed E-state index contributed by atoms with van der Waals surface area (Å²) in [5.41, 5.74) is 0.403. The Kier molecular flexibility index (Phi) is 5.70. The topological polar surface area (TPSA) is 45.1 Å². The van der Waals surface area contributed by atoms with Gasteiger partial charge in [0.25, 0.3) is 5.91 Å². The molecule has 1 saturated heterocycles. The van der Waals surface area contributed by atoms with Crippen molar-refractivity contribution >= 4 is 17.4 Å². The van der Waals surface area contributed by atoms with Gasteiger partial charge in [-0.1, -0.05) is 18.2 Å². The fraction of sp³-hybridized carbons (Fsp3) is 0.231. The molecule has 9 heteroatoms. The maximum absolute atomic E-state index is 13.6. The Labute approximate surface area is 199 Å². The molecule has 1 atom stereocenters. The standard InChI is InChI=1S/C26H21F4N3O2/c1-16-15-32(11-12-33(16)25(34)17-5-4-6-19(27)13-17)24-20-7-2-3-8-22(20)35-23-14-18(26(28,29)30)9-10-21(23)31-24/h2-10,13-14,16H,11-12,15H2,1H3. The molecular formula is C26H21F4N3O2. The summed E-state index contributed by atoms with van der Waals surface area (Å²) in [4.78, 5) is 21.4. The summed E-state index contributed by atoms with van der Waals surface area (Å²) >= 11 is 0. The van der Waals surface area contributed by atoms with E-state index < -0.39 is 17.6 Å². The molecule has 0 spiro atoms. The molecule has 2 aliphatic heterocycles. The monoisotopic (exact) mass is 483 g/mol. The number of para-hydroxylation sites is 1. The number of rotatable bonds is 1. The van der Waals surface area contributed by atoms with Crippen molar-refractivity contribution in [1.29, 1.82) is 0 Å². The molecule has 5 rings (SSSR count). The Hall–Kier alpha value is -3.88. The molecule has 35 heavy (non-hydrogen) atoms. The van der Waals surface area contributed by atoms with E-state index in [0.717, 1.165) is 12.1 Å². The van der Waals surface area contributed by atoms with Gasteiger partial charge in [-0.15, -0.1) is 0 Å². The summed E-state index contributed by atoms with van der Waals surface area (Å²) in [6.07, 6.45) is -4.50. The predicted molar refractivity (Wildman–Crippen MR) is 123 cm³/mol. The molecule has 2 aliphatic rings. The van der Waals surface area contributed by atoms with Crippen molar-refractivity contribution in [3.8, 4) is 11.5 Å². The number of carbonyl (C=O) groups excluding carboxylic acids is 1. The highest BCUT2D eigenvalue weighted by atomic mass is 19.4. The third kappa shape index (κ3) is 4.45. The molecule has 5 nitrogen and oxygen atoms in total. The van der Waals surface area contributed by atoms with Crippen LogP contribution in [-0.4, -0.2) is 47.2 Å². The van der Waals surface area contributed by atoms with Gasteiger partial charge in [0.05, 0.1) is 11.1 Å². The second kappa shape index (κ2) is 8.72. The number of benzene rings is 3. The lowest BCUT2D eigenvalue weighted by Gasteiger charge is -2.41. The van der Waals surface area contributed by atoms with Crippen LogP contribution in [0.4, 0.5) is 23.2 Å². The summed E-state index contributed by atoms with van der Waals surface area (Å²) in [5, 5.41) is 0. The van der Waals surface area contributed by atoms with Gasteiger partial charge in [0, 0.05) is 31.2 Å². The molecule has 1 unspecified atom stereocenters. The van der Waals surface area contributed by atoms with Crippen LogP contribution >= 0.6 is 0 Å². The van der Waals surface area contributed by atoms with Gasteiger partial charge in [0.2, 0.25) is 0 Å². The lowest BCUT2D eigenvalue weighted by molar-refractivity contribution is -0.137. The van der Waals surface area contributed by atoms with E-state index in [1.165, 1.54) is 24.3 Å². The SMILES string of the molecule is CC1CN(C2=Nc3ccc(C(F)(F)F)cc3Oc3ccccc32)CCN1C(=O)c1cccc(F)c1. The van der Waals surface area contributed by atoms with Crippen LogP contribution in [-0.2, 0) is 6.18 Å². The summed E-state index contributed by atoms with van der Waals surface area (Å²) in [6.45, 7) is 3.14. The number of halogens is 4. The number of alkyl halides is 3. The first-order valence-electron chi connectivity index (χ1n) is 11.1. The van der Waals surface area contributed by atoms with Crippen LogP contribution in [0, 0.1) is 5.82 Å². The summed E-state index contributed by atoms with van der Waals surface area (Å²) in [5.74, 6) is 0.251. The average molecular weight is 483 g/mol. The Balaban J connectivity index is 1.46. The highest BCUT2D eigenvalue weighted by molar-refractivity contribution is 6.04. The maximum atomic E-state index is 13.6. The van der Waals surface area contributed by atoms with Crippen molar-refractivity contribution in [2.24, 2.45) is 4.99 Å². The second-order valence-electron chi connectivity index (χ2n) is 8.52. The first kappa shape index (κ1) is 22.9. The second-order valence-corrected chi connectivity index (χ2v) is 8.52. The van der Waals surface area contributed by atoms with Crippen LogP contribution in [0.25, 0.3) is 0 Å². The van der Waals surface area contributed by atoms with Crippen LogP contribution < -0.4 is 4.74 Å². The number of nitrogens with zero attached hydrogens (tertiary/aromatic N) is 3. The van der Waals surface area contributed by atoms with E-state index >= 15 is 0 Å². The lowest BCUT2D eigenvalue weighted by Crippen LogP contribution is -2.55. The minimum absolute atomic E-state index is 0.0234. The minimum Gasteiger partial charge on any atom is -0.454 e. The first-order valence-corrected chi connectivity index (χ1v) is 11.1. The molecule has 3 aromatic rings. The molecule has 0 aliphatic carbocycles. The third-order valence-corrected chi connectivity index (χ3v) is 6.12. The number of fused-ring (bicyclic) bond motifs is 2. The van der Waals surface area contributed by atoms with Gasteiger partial charge in [-0.25, -0.2) is 9.38 Å². The zero-order valence-corrected chi connectivity index (χ0v) is 18.7. The molecule has 0 saturated carbocycles. The Morgan fingerprint density at radius 1 is 1.00 bits per heavy atom. The quantitative estimate of drug-likeness (QED) is 0.407. The molecule has 3 aromatic carbocycles. The fourth-order valence-electron chi connectivity index (χ4n) is 4.38. The van der Waals surface area contributed by atoms with Gasteiger partial charge >= 0.3 is 6.18 Å². The van der Waals surface area contributed by atoms with Crippen molar-refractivity contribution < 1.29 is 27.1 Å². The van der Waals surface area contributed by atoms with Crippen molar-refractivity contribution in [2.75, 3.05) is 19.6 Å². The summed E-state index contributed by atoms with van der Waals surface area (Å²) < 4.78 is 59.3. The largest absolute Gasteiger partial charge is 0.454 e. The van der Waals surface area contributed by atoms with Gasteiger partial charge in [-0.05, 0) is 55.5 Å². The van der Waals surface area contributed by atoms with Gasteiger partial charge in [0.1, 0.15) is 23.1 Å². The van der Waals surface area contributed by atoms with E-state index in [1.54, 1.807) is 29.2 Å². The molecule has 1 amide bonds. The number of carbonyl (C=O) groups is 1. The summed E-state index contributed by atoms with van der Waals surface area (Å²) in [7, 11) is 0. The van der Waals surface area contributed by atoms with Gasteiger partial charge in [0.15, 0.2) is 5.75 Å². The maximum Gasteiger partial charge on any atom is 0.416 e. The number of ether oxygens (including phenoxy) is 1. The van der Waals surface area contributed by atoms with Crippen molar-refractivity contribution in [3.63, 3.8) is 0 Å². The smallest absolute Gasteiger partial charge is 0.416 e. The van der Waals surface area contributed by atoms with Crippen LogP contribution in [0.2, 0.25) is 0 Å². The Morgan fingerprint density at radius 2 is 1.80 bits per heavy atom. The van der Waals surface area contributed by atoms with Crippen molar-refractivity contribution in [2.45, 2.75) is 19.1 Å². The number of piperazine rings is 1. The van der Waals surface area contributed by atoms with Gasteiger partial charge in [-0.2, -0.15) is 13.2 Å². The van der Waals surface area contributed by atoms with Crippen LogP contribution in [0.15, 0.2) is 71.7 Å². The van der Waals surface area contributed by atoms with Crippen molar-refractivity contribution in [1.82, 2.24) is 9.80 Å². The van der Waals surface area contributed by atoms with Gasteiger partial charge in [-0.3, -0.25) is 4.79 Å². The highest BCUT2D eigenvalue weighted by Crippen LogP contribution is 2.42. The van der Waals surface area contributed by atoms with E-state index in [2.05, 4.69) is 0 Å². The lowest BCUT2D eigenvalue weighted by atomic mass is 10.1. The molecule has 0 N–H and O–H groups in total. The number of amides is 1. The van der Waals surface area contributed by atoms with E-state index in [-0.39, 0.29) is 28.9 Å². The molecule has 0 radical (unpaired) electrons. The zero-order chi connectivity index (χ0) is 24.7. The van der Waals surface area contributed by atoms with E-state index in [4.69, 9.17) is 9.73 Å². The molecular weight excluding hydrogens is 462 g/mol. The number of aliphatic imine (C=N–C) groups is 1. The van der Waals surface area contributed by atoms with Crippen LogP contribution in [0.5, 0.6) is 11.5 Å². The average Bonchev–Trinajstić information content (AvgIpc) is 2.99. The number of hydrogen-bond acceptors (Lipinski definition) is 4. The molecule has 1 fully saturated rings. The molecule has 180 valence electrons. The molecule has 0 aromatic heterocycles. The fourth-order valence-corrected chi connectivity index (χ4v) is 4.38. The normalized spacial score (nSPS) is 17.6. The van der Waals surface area contributed by atoms with Gasteiger partial charge < -0.3 is 14.5 Å². The van der Waals surface area contributed by atoms with Crippen LogP contribution in [0.3, 0.4) is 0 Å². The molecule has 0 bridgehead atoms. The van der Waals surface area contributed by atoms with Crippen molar-refractivity contribution in [3.05, 3.63) is 89.2 Å². The van der Waals surface area contributed by atoms with E-state index in [1.807, 2.05) is 17.9 Å². The minimum atomic E-state index is -4.50. The number of hydrogen-bond donors (Lipinski definition) is 0. The summed E-state index contributed by atoms with van der Waals surface area (Å²) in [6, 6.07) is 15.7. The zero-order valence-electron chi connectivity index (χ0n) is 18.7. The third-order valence-electron chi connectivity index (χ3n) is 6.12.